The van der Waals surface area contributed by atoms with Gasteiger partial charge < -0.3 is 0 Å². The molecule has 0 atom stereocenters. The lowest BCUT2D eigenvalue weighted by Gasteiger charge is -2.06. The van der Waals surface area contributed by atoms with E-state index in [1.165, 1.54) is 24.3 Å². The van der Waals surface area contributed by atoms with E-state index in [-0.39, 0.29) is 4.90 Å². The van der Waals surface area contributed by atoms with Crippen molar-refractivity contribution in [2.24, 2.45) is 5.10 Å². The molecule has 0 radical (unpaired) electrons. The highest BCUT2D eigenvalue weighted by molar-refractivity contribution is 7.89. The summed E-state index contributed by atoms with van der Waals surface area (Å²) in [5.74, 6) is 0. The zero-order chi connectivity index (χ0) is 15.5. The maximum atomic E-state index is 12.1. The Bertz CT molecular complexity index is 769. The second-order valence-electron chi connectivity index (χ2n) is 4.62. The molecule has 0 unspecified atom stereocenters. The maximum absolute atomic E-state index is 12.1. The lowest BCUT2D eigenvalue weighted by Crippen LogP contribution is -2.19. The van der Waals surface area contributed by atoms with Crippen LogP contribution in [0.3, 0.4) is 0 Å². The first-order valence-corrected chi connectivity index (χ1v) is 8.13. The lowest BCUT2D eigenvalue weighted by atomic mass is 10.1. The van der Waals surface area contributed by atoms with Crippen LogP contribution in [0.15, 0.2) is 58.5 Å². The average Bonchev–Trinajstić information content (AvgIpc) is 2.45. The van der Waals surface area contributed by atoms with Crippen LogP contribution in [0.25, 0.3) is 0 Å². The molecule has 110 valence electrons. The van der Waals surface area contributed by atoms with Gasteiger partial charge in [-0.3, -0.25) is 0 Å². The summed E-state index contributed by atoms with van der Waals surface area (Å²) in [6.45, 7) is 3.72. The molecule has 2 rings (SSSR count). The molecule has 1 N–H and O–H groups in total. The Morgan fingerprint density at radius 3 is 2.43 bits per heavy atom. The Morgan fingerprint density at radius 1 is 1.14 bits per heavy atom. The highest BCUT2D eigenvalue weighted by Gasteiger charge is 2.12. The largest absolute Gasteiger partial charge is 0.276 e. The topological polar surface area (TPSA) is 58.5 Å². The van der Waals surface area contributed by atoms with Crippen molar-refractivity contribution < 1.29 is 8.42 Å². The molecule has 2 aromatic carbocycles. The molecule has 0 bridgehead atoms. The first kappa shape index (κ1) is 15.5. The summed E-state index contributed by atoms with van der Waals surface area (Å²) >= 11 is 5.74. The summed E-state index contributed by atoms with van der Waals surface area (Å²) in [6.07, 6.45) is 0. The molecule has 0 fully saturated rings. The van der Waals surface area contributed by atoms with E-state index in [0.29, 0.717) is 10.7 Å². The monoisotopic (exact) mass is 322 g/mol. The molecular weight excluding hydrogens is 308 g/mol. The quantitative estimate of drug-likeness (QED) is 0.693. The number of sulfonamides is 1. The molecule has 0 aliphatic carbocycles. The van der Waals surface area contributed by atoms with E-state index >= 15 is 0 Å². The third kappa shape index (κ3) is 4.06. The number of nitrogens with one attached hydrogen (secondary N) is 1. The predicted octanol–water partition coefficient (Wildman–Crippen LogP) is 3.35. The normalized spacial score (nSPS) is 12.2. The fraction of sp³-hybridized carbons (Fsp3) is 0.133. The number of benzene rings is 2. The molecule has 21 heavy (non-hydrogen) atoms. The number of rotatable bonds is 4. The smallest absolute Gasteiger partial charge is 0.200 e. The van der Waals surface area contributed by atoms with Crippen LogP contribution < -0.4 is 4.83 Å². The maximum Gasteiger partial charge on any atom is 0.276 e. The number of hydrogen-bond acceptors (Lipinski definition) is 3. The lowest BCUT2D eigenvalue weighted by molar-refractivity contribution is 0.584. The van der Waals surface area contributed by atoms with E-state index in [4.69, 9.17) is 11.6 Å². The van der Waals surface area contributed by atoms with Gasteiger partial charge in [0.15, 0.2) is 0 Å². The Hall–Kier alpha value is -1.85. The third-order valence-electron chi connectivity index (χ3n) is 2.89. The van der Waals surface area contributed by atoms with Crippen LogP contribution in [0.2, 0.25) is 5.02 Å². The van der Waals surface area contributed by atoms with Gasteiger partial charge in [-0.05, 0) is 43.7 Å². The molecule has 0 saturated carbocycles. The van der Waals surface area contributed by atoms with E-state index in [9.17, 15) is 8.42 Å². The van der Waals surface area contributed by atoms with Gasteiger partial charge in [0, 0.05) is 5.02 Å². The average molecular weight is 323 g/mol. The molecule has 0 saturated heterocycles. The molecule has 0 aliphatic heterocycles. The van der Waals surface area contributed by atoms with Crippen LogP contribution in [0, 0.1) is 6.92 Å². The van der Waals surface area contributed by atoms with E-state index in [2.05, 4.69) is 9.93 Å². The van der Waals surface area contributed by atoms with Crippen molar-refractivity contribution in [1.82, 2.24) is 4.83 Å². The van der Waals surface area contributed by atoms with Crippen molar-refractivity contribution >= 4 is 27.3 Å². The minimum Gasteiger partial charge on any atom is -0.200 e. The molecular formula is C15H15ClN2O2S. The summed E-state index contributed by atoms with van der Waals surface area (Å²) < 4.78 is 24.2. The molecule has 0 amide bonds. The van der Waals surface area contributed by atoms with Gasteiger partial charge in [0.1, 0.15) is 0 Å². The number of nitrogens with zero attached hydrogens (tertiary/aromatic N) is 1. The number of hydrazone groups is 1. The summed E-state index contributed by atoms with van der Waals surface area (Å²) in [4.78, 5) is 2.35. The zero-order valence-corrected chi connectivity index (χ0v) is 13.2. The Labute approximate surface area is 129 Å². The Kier molecular flexibility index (Phi) is 4.65. The van der Waals surface area contributed by atoms with E-state index < -0.39 is 10.0 Å². The van der Waals surface area contributed by atoms with E-state index in [1.807, 2.05) is 31.2 Å². The van der Waals surface area contributed by atoms with Crippen LogP contribution >= 0.6 is 11.6 Å². The molecule has 0 aromatic heterocycles. The summed E-state index contributed by atoms with van der Waals surface area (Å²) in [7, 11) is -3.69. The van der Waals surface area contributed by atoms with Crippen LogP contribution in [0.4, 0.5) is 0 Å². The van der Waals surface area contributed by atoms with Crippen molar-refractivity contribution in [3.05, 3.63) is 64.7 Å². The molecule has 0 heterocycles. The minimum absolute atomic E-state index is 0.118. The third-order valence-corrected chi connectivity index (χ3v) is 4.37. The highest BCUT2D eigenvalue weighted by Crippen LogP contribution is 2.14. The van der Waals surface area contributed by atoms with E-state index in [1.54, 1.807) is 6.92 Å². The van der Waals surface area contributed by atoms with Crippen molar-refractivity contribution in [2.45, 2.75) is 18.7 Å². The van der Waals surface area contributed by atoms with Gasteiger partial charge in [0.2, 0.25) is 0 Å². The van der Waals surface area contributed by atoms with Crippen LogP contribution in [0.5, 0.6) is 0 Å². The fourth-order valence-electron chi connectivity index (χ4n) is 1.73. The molecule has 6 heteroatoms. The molecule has 4 nitrogen and oxygen atoms in total. The predicted molar refractivity (Wildman–Crippen MR) is 85.2 cm³/mol. The number of aryl methyl sites for hydroxylation is 1. The fourth-order valence-corrected chi connectivity index (χ4v) is 2.71. The van der Waals surface area contributed by atoms with Gasteiger partial charge in [-0.25, -0.2) is 0 Å². The van der Waals surface area contributed by atoms with Gasteiger partial charge in [0.05, 0.1) is 10.6 Å². The molecule has 0 aliphatic rings. The van der Waals surface area contributed by atoms with Gasteiger partial charge in [-0.2, -0.15) is 18.4 Å². The van der Waals surface area contributed by atoms with Crippen LogP contribution in [-0.2, 0) is 10.0 Å². The summed E-state index contributed by atoms with van der Waals surface area (Å²) in [5, 5.41) is 4.43. The number of halogens is 1. The van der Waals surface area contributed by atoms with Gasteiger partial charge in [0.25, 0.3) is 10.0 Å². The number of hydrogen-bond donors (Lipinski definition) is 1. The second kappa shape index (κ2) is 6.28. The second-order valence-corrected chi connectivity index (χ2v) is 6.71. The Morgan fingerprint density at radius 2 is 1.81 bits per heavy atom. The van der Waals surface area contributed by atoms with E-state index in [0.717, 1.165) is 11.1 Å². The van der Waals surface area contributed by atoms with Crippen LogP contribution in [0.1, 0.15) is 18.1 Å². The first-order valence-electron chi connectivity index (χ1n) is 6.27. The van der Waals surface area contributed by atoms with Gasteiger partial charge in [-0.15, -0.1) is 0 Å². The summed E-state index contributed by atoms with van der Waals surface area (Å²) in [5.41, 5.74) is 2.55. The SMILES string of the molecule is C/C(=N/NS(=O)(=O)c1ccc(Cl)cc1)c1cccc(C)c1. The standard InChI is InChI=1S/C15H15ClN2O2S/c1-11-4-3-5-13(10-11)12(2)17-18-21(19,20)15-8-6-14(16)7-9-15/h3-10,18H,1-2H3/b17-12-. The van der Waals surface area contributed by atoms with Crippen molar-refractivity contribution in [1.29, 1.82) is 0 Å². The minimum atomic E-state index is -3.69. The van der Waals surface area contributed by atoms with Gasteiger partial charge >= 0.3 is 0 Å². The molecule has 0 spiro atoms. The zero-order valence-electron chi connectivity index (χ0n) is 11.7. The Balaban J connectivity index is 2.21. The first-order chi connectivity index (χ1) is 9.88. The van der Waals surface area contributed by atoms with Crippen molar-refractivity contribution in [3.63, 3.8) is 0 Å². The molecule has 2 aromatic rings. The van der Waals surface area contributed by atoms with Crippen molar-refractivity contribution in [2.75, 3.05) is 0 Å². The van der Waals surface area contributed by atoms with Gasteiger partial charge in [-0.1, -0.05) is 41.4 Å². The van der Waals surface area contributed by atoms with Crippen LogP contribution in [-0.4, -0.2) is 14.1 Å². The summed E-state index contributed by atoms with van der Waals surface area (Å²) in [6, 6.07) is 13.6. The highest BCUT2D eigenvalue weighted by atomic mass is 35.5. The van der Waals surface area contributed by atoms with Crippen molar-refractivity contribution in [3.8, 4) is 0 Å².